The molecule has 2 aromatic heterocycles. The van der Waals surface area contributed by atoms with Gasteiger partial charge in [0.05, 0.1) is 12.4 Å². The van der Waals surface area contributed by atoms with Crippen LogP contribution < -0.4 is 5.56 Å². The van der Waals surface area contributed by atoms with Crippen LogP contribution in [0, 0.1) is 40.5 Å². The summed E-state index contributed by atoms with van der Waals surface area (Å²) < 4.78 is 36.4. The Bertz CT molecular complexity index is 761. The number of aromatic nitrogens is 4. The molecule has 0 aromatic carbocycles. The number of rotatable bonds is 0. The maximum Gasteiger partial charge on any atom is 0.284 e. The predicted octanol–water partition coefficient (Wildman–Crippen LogP) is 0.407. The summed E-state index contributed by atoms with van der Waals surface area (Å²) in [4.78, 5) is 21.4. The van der Waals surface area contributed by atoms with E-state index in [2.05, 4.69) is 15.0 Å². The molecular formula is C10H3F3N6O. The standard InChI is InChI=1S/C5HF2N3.C5H2FN3O/c6-4-2-9-5(7)3(1-8)10-4;6-4-2-8-5(10)3(1-7)9-4/h2H;2H,(H,8,10). The van der Waals surface area contributed by atoms with Gasteiger partial charge in [0.1, 0.15) is 12.1 Å². The van der Waals surface area contributed by atoms with Crippen molar-refractivity contribution in [2.75, 3.05) is 0 Å². The molecule has 0 amide bonds. The maximum atomic E-state index is 12.2. The second-order valence-corrected chi connectivity index (χ2v) is 2.96. The van der Waals surface area contributed by atoms with Crippen LogP contribution in [0.1, 0.15) is 11.4 Å². The fourth-order valence-corrected chi connectivity index (χ4v) is 0.883. The largest absolute Gasteiger partial charge is 0.322 e. The SMILES string of the molecule is N#Cc1nc(F)c[nH]c1=O.N#Cc1nc(F)cnc1F. The highest BCUT2D eigenvalue weighted by Gasteiger charge is 2.04. The second-order valence-electron chi connectivity index (χ2n) is 2.96. The van der Waals surface area contributed by atoms with Crippen molar-refractivity contribution in [2.24, 2.45) is 0 Å². The summed E-state index contributed by atoms with van der Waals surface area (Å²) in [6.45, 7) is 0. The number of H-pyrrole nitrogens is 1. The van der Waals surface area contributed by atoms with Crippen LogP contribution >= 0.6 is 0 Å². The summed E-state index contributed by atoms with van der Waals surface area (Å²) in [6.07, 6.45) is 1.40. The van der Waals surface area contributed by atoms with Crippen LogP contribution in [-0.4, -0.2) is 19.9 Å². The molecule has 2 rings (SSSR count). The first-order valence-electron chi connectivity index (χ1n) is 4.71. The van der Waals surface area contributed by atoms with Crippen LogP contribution in [0.25, 0.3) is 0 Å². The van der Waals surface area contributed by atoms with Gasteiger partial charge in [-0.2, -0.15) is 23.7 Å². The minimum absolute atomic E-state index is 0.458. The van der Waals surface area contributed by atoms with E-state index in [1.165, 1.54) is 12.1 Å². The number of hydrogen-bond acceptors (Lipinski definition) is 6. The summed E-state index contributed by atoms with van der Waals surface area (Å²) >= 11 is 0. The molecule has 7 nitrogen and oxygen atoms in total. The van der Waals surface area contributed by atoms with E-state index in [-0.39, 0.29) is 0 Å². The van der Waals surface area contributed by atoms with Gasteiger partial charge in [-0.25, -0.2) is 15.0 Å². The van der Waals surface area contributed by atoms with E-state index in [4.69, 9.17) is 10.5 Å². The molecule has 0 saturated heterocycles. The van der Waals surface area contributed by atoms with Crippen molar-refractivity contribution >= 4 is 0 Å². The number of halogens is 3. The third-order valence-corrected chi connectivity index (χ3v) is 1.67. The second kappa shape index (κ2) is 6.61. The summed E-state index contributed by atoms with van der Waals surface area (Å²) in [6, 6.07) is 2.79. The number of hydrogen-bond donors (Lipinski definition) is 1. The molecule has 1 N–H and O–H groups in total. The van der Waals surface area contributed by atoms with E-state index < -0.39 is 34.8 Å². The fourth-order valence-electron chi connectivity index (χ4n) is 0.883. The molecule has 0 spiro atoms. The summed E-state index contributed by atoms with van der Waals surface area (Å²) in [7, 11) is 0. The molecule has 10 heteroatoms. The molecule has 0 fully saturated rings. The topological polar surface area (TPSA) is 119 Å². The molecule has 0 aliphatic carbocycles. The van der Waals surface area contributed by atoms with Gasteiger partial charge >= 0.3 is 0 Å². The van der Waals surface area contributed by atoms with Crippen molar-refractivity contribution in [1.29, 1.82) is 10.5 Å². The van der Waals surface area contributed by atoms with Crippen molar-refractivity contribution in [3.05, 3.63) is 52.0 Å². The fraction of sp³-hybridized carbons (Fsp3) is 0. The maximum absolute atomic E-state index is 12.2. The summed E-state index contributed by atoms with van der Waals surface area (Å²) in [5.74, 6) is -2.88. The zero-order valence-corrected chi connectivity index (χ0v) is 9.43. The van der Waals surface area contributed by atoms with Crippen LogP contribution in [0.5, 0.6) is 0 Å². The smallest absolute Gasteiger partial charge is 0.284 e. The summed E-state index contributed by atoms with van der Waals surface area (Å²) in [5.41, 5.74) is -1.76. The molecular weight excluding hydrogens is 277 g/mol. The third-order valence-electron chi connectivity index (χ3n) is 1.67. The van der Waals surface area contributed by atoms with Crippen molar-refractivity contribution in [1.82, 2.24) is 19.9 Å². The first kappa shape index (κ1) is 14.8. The zero-order chi connectivity index (χ0) is 15.1. The lowest BCUT2D eigenvalue weighted by molar-refractivity contribution is 0.523. The summed E-state index contributed by atoms with van der Waals surface area (Å²) in [5, 5.41) is 16.2. The lowest BCUT2D eigenvalue weighted by atomic mass is 10.5. The Morgan fingerprint density at radius 1 is 1.05 bits per heavy atom. The van der Waals surface area contributed by atoms with Gasteiger partial charge in [-0.3, -0.25) is 4.79 Å². The Kier molecular flexibility index (Phi) is 4.89. The van der Waals surface area contributed by atoms with Crippen molar-refractivity contribution in [3.8, 4) is 12.1 Å². The minimum atomic E-state index is -1.05. The quantitative estimate of drug-likeness (QED) is 0.746. The number of nitrogens with zero attached hydrogens (tertiary/aromatic N) is 5. The lowest BCUT2D eigenvalue weighted by Gasteiger charge is -1.88. The Morgan fingerprint density at radius 2 is 1.65 bits per heavy atom. The van der Waals surface area contributed by atoms with Crippen LogP contribution in [-0.2, 0) is 0 Å². The number of nitrogens with one attached hydrogen (secondary N) is 1. The predicted molar refractivity (Wildman–Crippen MR) is 56.2 cm³/mol. The number of nitriles is 2. The molecule has 0 bridgehead atoms. The average molecular weight is 280 g/mol. The zero-order valence-electron chi connectivity index (χ0n) is 9.43. The molecule has 2 heterocycles. The Balaban J connectivity index is 0.000000200. The van der Waals surface area contributed by atoms with Gasteiger partial charge in [-0.05, 0) is 0 Å². The van der Waals surface area contributed by atoms with Gasteiger partial charge in [0.15, 0.2) is 5.69 Å². The Morgan fingerprint density at radius 3 is 2.15 bits per heavy atom. The molecule has 0 saturated carbocycles. The molecule has 0 aliphatic rings. The highest BCUT2D eigenvalue weighted by Crippen LogP contribution is 1.98. The minimum Gasteiger partial charge on any atom is -0.322 e. The van der Waals surface area contributed by atoms with Crippen LogP contribution in [0.2, 0.25) is 0 Å². The Labute approximate surface area is 109 Å². The average Bonchev–Trinajstić information content (AvgIpc) is 2.44. The van der Waals surface area contributed by atoms with Crippen molar-refractivity contribution in [2.45, 2.75) is 0 Å². The van der Waals surface area contributed by atoms with Gasteiger partial charge in [0, 0.05) is 0 Å². The molecule has 2 aromatic rings. The normalized spacial score (nSPS) is 8.85. The van der Waals surface area contributed by atoms with Crippen LogP contribution in [0.4, 0.5) is 13.2 Å². The van der Waals surface area contributed by atoms with E-state index in [1.807, 2.05) is 4.98 Å². The molecule has 0 unspecified atom stereocenters. The molecule has 100 valence electrons. The van der Waals surface area contributed by atoms with E-state index >= 15 is 0 Å². The molecule has 0 radical (unpaired) electrons. The van der Waals surface area contributed by atoms with Gasteiger partial charge in [0.2, 0.25) is 23.5 Å². The molecule has 0 aliphatic heterocycles. The van der Waals surface area contributed by atoms with E-state index in [0.29, 0.717) is 6.20 Å². The van der Waals surface area contributed by atoms with Crippen molar-refractivity contribution in [3.63, 3.8) is 0 Å². The van der Waals surface area contributed by atoms with E-state index in [1.54, 1.807) is 0 Å². The van der Waals surface area contributed by atoms with E-state index in [0.717, 1.165) is 6.20 Å². The highest BCUT2D eigenvalue weighted by atomic mass is 19.1. The number of aromatic amines is 1. The van der Waals surface area contributed by atoms with Gasteiger partial charge in [-0.15, -0.1) is 0 Å². The lowest BCUT2D eigenvalue weighted by Crippen LogP contribution is -2.12. The van der Waals surface area contributed by atoms with Crippen molar-refractivity contribution < 1.29 is 13.2 Å². The molecule has 0 atom stereocenters. The van der Waals surface area contributed by atoms with Gasteiger partial charge in [-0.1, -0.05) is 0 Å². The van der Waals surface area contributed by atoms with E-state index in [9.17, 15) is 18.0 Å². The Hall–Kier alpha value is -3.27. The van der Waals surface area contributed by atoms with Gasteiger partial charge < -0.3 is 4.98 Å². The molecule has 20 heavy (non-hydrogen) atoms. The monoisotopic (exact) mass is 280 g/mol. The van der Waals surface area contributed by atoms with Crippen LogP contribution in [0.3, 0.4) is 0 Å². The first-order valence-corrected chi connectivity index (χ1v) is 4.71. The first-order chi connectivity index (χ1) is 9.47. The van der Waals surface area contributed by atoms with Gasteiger partial charge in [0.25, 0.3) is 5.56 Å². The third kappa shape index (κ3) is 3.89. The van der Waals surface area contributed by atoms with Crippen LogP contribution in [0.15, 0.2) is 17.2 Å². The highest BCUT2D eigenvalue weighted by molar-refractivity contribution is 5.16.